The Kier molecular flexibility index (Phi) is 3.89. The van der Waals surface area contributed by atoms with Crippen LogP contribution in [0.4, 0.5) is 5.69 Å². The highest BCUT2D eigenvalue weighted by atomic mass is 32.2. The Labute approximate surface area is 108 Å². The van der Waals surface area contributed by atoms with Crippen molar-refractivity contribution in [3.05, 3.63) is 24.3 Å². The second-order valence-corrected chi connectivity index (χ2v) is 6.09. The van der Waals surface area contributed by atoms with E-state index in [9.17, 15) is 8.42 Å². The van der Waals surface area contributed by atoms with Crippen LogP contribution in [0.25, 0.3) is 0 Å². The summed E-state index contributed by atoms with van der Waals surface area (Å²) in [5.41, 5.74) is 0.600. The van der Waals surface area contributed by atoms with Gasteiger partial charge in [0.2, 0.25) is 10.0 Å². The van der Waals surface area contributed by atoms with Crippen molar-refractivity contribution in [3.63, 3.8) is 0 Å². The van der Waals surface area contributed by atoms with E-state index in [1.54, 1.807) is 12.1 Å². The van der Waals surface area contributed by atoms with Gasteiger partial charge in [-0.25, -0.2) is 13.6 Å². The van der Waals surface area contributed by atoms with Crippen LogP contribution in [0.5, 0.6) is 0 Å². The quantitative estimate of drug-likeness (QED) is 0.849. The number of nitrogens with one attached hydrogen (secondary N) is 1. The molecule has 100 valence electrons. The molecule has 1 atom stereocenters. The maximum absolute atomic E-state index is 11.5. The number of para-hydroxylation sites is 1. The van der Waals surface area contributed by atoms with E-state index >= 15 is 0 Å². The van der Waals surface area contributed by atoms with Crippen LogP contribution in [0, 0.1) is 0 Å². The highest BCUT2D eigenvalue weighted by Gasteiger charge is 2.22. The summed E-state index contributed by atoms with van der Waals surface area (Å²) in [7, 11) is -3.67. The van der Waals surface area contributed by atoms with E-state index in [2.05, 4.69) is 17.1 Å². The van der Waals surface area contributed by atoms with Crippen molar-refractivity contribution in [2.24, 2.45) is 5.14 Å². The Hall–Kier alpha value is -1.11. The average molecular weight is 269 g/mol. The molecule has 18 heavy (non-hydrogen) atoms. The molecule has 0 aliphatic carbocycles. The van der Waals surface area contributed by atoms with Crippen LogP contribution >= 0.6 is 0 Å². The number of rotatable bonds is 4. The first-order valence-electron chi connectivity index (χ1n) is 6.11. The van der Waals surface area contributed by atoms with Gasteiger partial charge in [-0.05, 0) is 25.1 Å². The number of anilines is 1. The number of primary sulfonamides is 1. The largest absolute Gasteiger partial charge is 0.380 e. The zero-order valence-electron chi connectivity index (χ0n) is 10.5. The van der Waals surface area contributed by atoms with Crippen molar-refractivity contribution in [3.8, 4) is 0 Å². The summed E-state index contributed by atoms with van der Waals surface area (Å²) in [5, 5.41) is 8.49. The molecule has 1 fully saturated rings. The van der Waals surface area contributed by atoms with Gasteiger partial charge in [-0.2, -0.15) is 0 Å². The van der Waals surface area contributed by atoms with Gasteiger partial charge in [0.25, 0.3) is 0 Å². The normalized spacial score (nSPS) is 21.1. The van der Waals surface area contributed by atoms with E-state index in [1.165, 1.54) is 6.07 Å². The summed E-state index contributed by atoms with van der Waals surface area (Å²) in [6, 6.07) is 7.06. The van der Waals surface area contributed by atoms with Gasteiger partial charge in [0.05, 0.1) is 5.69 Å². The van der Waals surface area contributed by atoms with Crippen molar-refractivity contribution in [1.82, 2.24) is 4.90 Å². The molecule has 5 nitrogen and oxygen atoms in total. The summed E-state index contributed by atoms with van der Waals surface area (Å²) >= 11 is 0. The third kappa shape index (κ3) is 3.01. The van der Waals surface area contributed by atoms with Crippen molar-refractivity contribution in [2.75, 3.05) is 25.0 Å². The van der Waals surface area contributed by atoms with Crippen molar-refractivity contribution >= 4 is 15.7 Å². The first-order valence-corrected chi connectivity index (χ1v) is 7.66. The van der Waals surface area contributed by atoms with Gasteiger partial charge in [-0.1, -0.05) is 19.1 Å². The lowest BCUT2D eigenvalue weighted by Gasteiger charge is -2.17. The van der Waals surface area contributed by atoms with E-state index < -0.39 is 10.0 Å². The Morgan fingerprint density at radius 1 is 1.44 bits per heavy atom. The summed E-state index contributed by atoms with van der Waals surface area (Å²) in [6.07, 6.45) is 1.02. The lowest BCUT2D eigenvalue weighted by Crippen LogP contribution is -2.27. The van der Waals surface area contributed by atoms with Gasteiger partial charge in [-0.3, -0.25) is 0 Å². The zero-order chi connectivity index (χ0) is 13.2. The van der Waals surface area contributed by atoms with Gasteiger partial charge in [-0.15, -0.1) is 0 Å². The predicted molar refractivity (Wildman–Crippen MR) is 72.0 cm³/mol. The molecule has 0 amide bonds. The third-order valence-corrected chi connectivity index (χ3v) is 4.24. The van der Waals surface area contributed by atoms with Crippen molar-refractivity contribution < 1.29 is 8.42 Å². The molecule has 0 aromatic heterocycles. The van der Waals surface area contributed by atoms with Gasteiger partial charge >= 0.3 is 0 Å². The van der Waals surface area contributed by atoms with Gasteiger partial charge in [0.15, 0.2) is 0 Å². The fraction of sp³-hybridized carbons (Fsp3) is 0.500. The molecular weight excluding hydrogens is 250 g/mol. The zero-order valence-corrected chi connectivity index (χ0v) is 11.3. The number of sulfonamides is 1. The van der Waals surface area contributed by atoms with E-state index in [1.807, 2.05) is 6.07 Å². The second kappa shape index (κ2) is 5.26. The minimum absolute atomic E-state index is 0.167. The minimum atomic E-state index is -3.67. The summed E-state index contributed by atoms with van der Waals surface area (Å²) in [5.74, 6) is 0. The first kappa shape index (κ1) is 13.3. The fourth-order valence-corrected chi connectivity index (χ4v) is 2.99. The molecular formula is C12H19N3O2S. The molecule has 1 aromatic rings. The topological polar surface area (TPSA) is 75.4 Å². The Morgan fingerprint density at radius 2 is 2.17 bits per heavy atom. The lowest BCUT2D eigenvalue weighted by molar-refractivity contribution is 0.356. The second-order valence-electron chi connectivity index (χ2n) is 4.56. The van der Waals surface area contributed by atoms with E-state index in [4.69, 9.17) is 5.14 Å². The summed E-state index contributed by atoms with van der Waals surface area (Å²) in [6.45, 7) is 5.14. The number of nitrogens with zero attached hydrogens (tertiary/aromatic N) is 1. The highest BCUT2D eigenvalue weighted by Crippen LogP contribution is 2.22. The van der Waals surface area contributed by atoms with Crippen molar-refractivity contribution in [1.29, 1.82) is 0 Å². The maximum Gasteiger partial charge on any atom is 0.240 e. The van der Waals surface area contributed by atoms with E-state index in [0.717, 1.165) is 26.1 Å². The van der Waals surface area contributed by atoms with Crippen LogP contribution in [0.1, 0.15) is 13.3 Å². The molecule has 1 aliphatic heterocycles. The van der Waals surface area contributed by atoms with Gasteiger partial charge in [0, 0.05) is 19.1 Å². The SMILES string of the molecule is CCN1CC[C@@H](Nc2ccccc2S(N)(=O)=O)C1. The smallest absolute Gasteiger partial charge is 0.240 e. The van der Waals surface area contributed by atoms with Crippen molar-refractivity contribution in [2.45, 2.75) is 24.3 Å². The molecule has 0 saturated carbocycles. The number of likely N-dealkylation sites (N-methyl/N-ethyl adjacent to an activating group) is 1. The monoisotopic (exact) mass is 269 g/mol. The number of benzene rings is 1. The Bertz CT molecular complexity index is 516. The first-order chi connectivity index (χ1) is 8.50. The van der Waals surface area contributed by atoms with Gasteiger partial charge < -0.3 is 10.2 Å². The molecule has 0 unspecified atom stereocenters. The lowest BCUT2D eigenvalue weighted by atomic mass is 10.2. The Morgan fingerprint density at radius 3 is 2.78 bits per heavy atom. The fourth-order valence-electron chi connectivity index (χ4n) is 2.29. The van der Waals surface area contributed by atoms with Crippen LogP contribution in [0.2, 0.25) is 0 Å². The summed E-state index contributed by atoms with van der Waals surface area (Å²) in [4.78, 5) is 2.50. The van der Waals surface area contributed by atoms with E-state index in [-0.39, 0.29) is 10.9 Å². The van der Waals surface area contributed by atoms with E-state index in [0.29, 0.717) is 5.69 Å². The molecule has 6 heteroatoms. The summed E-state index contributed by atoms with van der Waals surface area (Å²) < 4.78 is 23.0. The highest BCUT2D eigenvalue weighted by molar-refractivity contribution is 7.89. The molecule has 0 spiro atoms. The van der Waals surface area contributed by atoms with Crippen LogP contribution in [0.15, 0.2) is 29.2 Å². The molecule has 3 N–H and O–H groups in total. The van der Waals surface area contributed by atoms with Crippen LogP contribution in [0.3, 0.4) is 0 Å². The molecule has 1 saturated heterocycles. The number of hydrogen-bond acceptors (Lipinski definition) is 4. The van der Waals surface area contributed by atoms with Crippen LogP contribution in [-0.2, 0) is 10.0 Å². The number of hydrogen-bond donors (Lipinski definition) is 2. The molecule has 1 heterocycles. The number of likely N-dealkylation sites (tertiary alicyclic amines) is 1. The van der Waals surface area contributed by atoms with Gasteiger partial charge in [0.1, 0.15) is 4.90 Å². The third-order valence-electron chi connectivity index (χ3n) is 3.27. The Balaban J connectivity index is 2.15. The molecule has 1 aliphatic rings. The predicted octanol–water partition coefficient (Wildman–Crippen LogP) is 0.840. The molecule has 1 aromatic carbocycles. The average Bonchev–Trinajstić information content (AvgIpc) is 2.76. The standard InChI is InChI=1S/C12H19N3O2S/c1-2-15-8-7-10(9-15)14-11-5-3-4-6-12(11)18(13,16)17/h3-6,10,14H,2,7-9H2,1H3,(H2,13,16,17)/t10-/m1/s1. The van der Waals surface area contributed by atoms with Crippen LogP contribution < -0.4 is 10.5 Å². The molecule has 0 radical (unpaired) electrons. The minimum Gasteiger partial charge on any atom is -0.380 e. The maximum atomic E-state index is 11.5. The number of nitrogens with two attached hydrogens (primary N) is 1. The molecule has 0 bridgehead atoms. The van der Waals surface area contributed by atoms with Crippen LogP contribution in [-0.4, -0.2) is 39.0 Å². The molecule has 2 rings (SSSR count).